The summed E-state index contributed by atoms with van der Waals surface area (Å²) in [4.78, 5) is 35.0. The number of nitrogens with zero attached hydrogens (tertiary/aromatic N) is 1. The Balaban J connectivity index is 2.30. The molecule has 16 heavy (non-hydrogen) atoms. The number of imide groups is 3. The lowest BCUT2D eigenvalue weighted by molar-refractivity contribution is -0.137. The molecule has 3 amide bonds. The van der Waals surface area contributed by atoms with E-state index in [0.717, 1.165) is 0 Å². The first-order valence-electron chi connectivity index (χ1n) is 4.75. The highest BCUT2D eigenvalue weighted by Crippen LogP contribution is 2.16. The maximum Gasteiger partial charge on any atom is 0.267 e. The average Bonchev–Trinajstić information content (AvgIpc) is 2.54. The fourth-order valence-corrected chi connectivity index (χ4v) is 1.54. The van der Waals surface area contributed by atoms with Crippen molar-refractivity contribution in [2.45, 2.75) is 12.5 Å². The van der Waals surface area contributed by atoms with Gasteiger partial charge in [-0.25, -0.2) is 4.90 Å². The molecule has 1 aromatic carbocycles. The summed E-state index contributed by atoms with van der Waals surface area (Å²) in [6.07, 6.45) is -1.71. The normalized spacial score (nSPS) is 20.3. The van der Waals surface area contributed by atoms with E-state index in [2.05, 4.69) is 0 Å². The number of hydrogen-bond acceptors (Lipinski definition) is 4. The van der Waals surface area contributed by atoms with Crippen LogP contribution in [0.1, 0.15) is 16.8 Å². The topological polar surface area (TPSA) is 74.7 Å². The number of hydrogen-bond donors (Lipinski definition) is 1. The molecule has 1 aliphatic rings. The van der Waals surface area contributed by atoms with Crippen LogP contribution in [0.2, 0.25) is 0 Å². The van der Waals surface area contributed by atoms with Crippen molar-refractivity contribution in [2.24, 2.45) is 0 Å². The predicted octanol–water partition coefficient (Wildman–Crippen LogP) is -0.0534. The number of aliphatic hydroxyl groups is 1. The third kappa shape index (κ3) is 1.61. The SMILES string of the molecule is O=C1CC(O)C(=O)N1C(=O)c1ccccc1. The lowest BCUT2D eigenvalue weighted by Gasteiger charge is -2.11. The Hall–Kier alpha value is -2.01. The van der Waals surface area contributed by atoms with Crippen molar-refractivity contribution in [3.63, 3.8) is 0 Å². The Morgan fingerprint density at radius 2 is 1.88 bits per heavy atom. The number of amides is 3. The van der Waals surface area contributed by atoms with Gasteiger partial charge < -0.3 is 5.11 Å². The van der Waals surface area contributed by atoms with E-state index in [4.69, 9.17) is 0 Å². The molecule has 2 rings (SSSR count). The van der Waals surface area contributed by atoms with Gasteiger partial charge in [-0.3, -0.25) is 14.4 Å². The first-order valence-corrected chi connectivity index (χ1v) is 4.75. The monoisotopic (exact) mass is 219 g/mol. The third-order valence-electron chi connectivity index (χ3n) is 2.35. The second kappa shape index (κ2) is 3.86. The van der Waals surface area contributed by atoms with E-state index in [9.17, 15) is 19.5 Å². The Kier molecular flexibility index (Phi) is 2.54. The van der Waals surface area contributed by atoms with Gasteiger partial charge in [0.25, 0.3) is 11.8 Å². The molecular formula is C11H9NO4. The summed E-state index contributed by atoms with van der Waals surface area (Å²) in [6, 6.07) is 8.00. The Morgan fingerprint density at radius 1 is 1.25 bits per heavy atom. The van der Waals surface area contributed by atoms with Gasteiger partial charge >= 0.3 is 0 Å². The first-order chi connectivity index (χ1) is 7.61. The predicted molar refractivity (Wildman–Crippen MR) is 53.2 cm³/mol. The fraction of sp³-hybridized carbons (Fsp3) is 0.182. The highest BCUT2D eigenvalue weighted by atomic mass is 16.3. The molecule has 82 valence electrons. The zero-order chi connectivity index (χ0) is 11.7. The van der Waals surface area contributed by atoms with E-state index < -0.39 is 23.8 Å². The number of likely N-dealkylation sites (tertiary alicyclic amines) is 1. The fourth-order valence-electron chi connectivity index (χ4n) is 1.54. The molecular weight excluding hydrogens is 210 g/mol. The lowest BCUT2D eigenvalue weighted by atomic mass is 10.2. The number of rotatable bonds is 1. The van der Waals surface area contributed by atoms with Gasteiger partial charge in [0, 0.05) is 5.56 Å². The van der Waals surface area contributed by atoms with Crippen molar-refractivity contribution in [3.8, 4) is 0 Å². The van der Waals surface area contributed by atoms with Gasteiger partial charge in [-0.15, -0.1) is 0 Å². The minimum absolute atomic E-state index is 0.248. The first kappa shape index (κ1) is 10.5. The molecule has 0 aromatic heterocycles. The quantitative estimate of drug-likeness (QED) is 0.672. The number of carbonyl (C=O) groups is 3. The summed E-state index contributed by atoms with van der Waals surface area (Å²) in [7, 11) is 0. The maximum absolute atomic E-state index is 11.8. The summed E-state index contributed by atoms with van der Waals surface area (Å²) < 4.78 is 0. The maximum atomic E-state index is 11.8. The second-order valence-electron chi connectivity index (χ2n) is 3.46. The van der Waals surface area contributed by atoms with Crippen molar-refractivity contribution < 1.29 is 19.5 Å². The van der Waals surface area contributed by atoms with Crippen molar-refractivity contribution in [3.05, 3.63) is 35.9 Å². The van der Waals surface area contributed by atoms with Crippen LogP contribution in [0.25, 0.3) is 0 Å². The van der Waals surface area contributed by atoms with Crippen molar-refractivity contribution >= 4 is 17.7 Å². The van der Waals surface area contributed by atoms with Gasteiger partial charge in [-0.2, -0.15) is 0 Å². The standard InChI is InChI=1S/C11H9NO4/c13-8-6-9(14)12(11(8)16)10(15)7-4-2-1-3-5-7/h1-5,8,13H,6H2. The van der Waals surface area contributed by atoms with Gasteiger partial charge in [0.15, 0.2) is 0 Å². The van der Waals surface area contributed by atoms with Crippen LogP contribution < -0.4 is 0 Å². The summed E-state index contributed by atoms with van der Waals surface area (Å²) in [5, 5.41) is 9.17. The van der Waals surface area contributed by atoms with Crippen molar-refractivity contribution in [1.29, 1.82) is 0 Å². The minimum Gasteiger partial charge on any atom is -0.383 e. The number of aliphatic hydroxyl groups excluding tert-OH is 1. The molecule has 0 aliphatic carbocycles. The molecule has 1 saturated heterocycles. The van der Waals surface area contributed by atoms with Crippen LogP contribution in [-0.4, -0.2) is 33.8 Å². The zero-order valence-electron chi connectivity index (χ0n) is 8.29. The van der Waals surface area contributed by atoms with Crippen LogP contribution in [0, 0.1) is 0 Å². The van der Waals surface area contributed by atoms with E-state index >= 15 is 0 Å². The van der Waals surface area contributed by atoms with Crippen molar-refractivity contribution in [2.75, 3.05) is 0 Å². The molecule has 1 atom stereocenters. The highest BCUT2D eigenvalue weighted by Gasteiger charge is 2.41. The molecule has 1 N–H and O–H groups in total. The molecule has 5 nitrogen and oxygen atoms in total. The molecule has 1 unspecified atom stereocenters. The molecule has 0 bridgehead atoms. The van der Waals surface area contributed by atoms with Crippen LogP contribution in [0.5, 0.6) is 0 Å². The molecule has 1 fully saturated rings. The molecule has 0 radical (unpaired) electrons. The average molecular weight is 219 g/mol. The van der Waals surface area contributed by atoms with Crippen molar-refractivity contribution in [1.82, 2.24) is 4.90 Å². The van der Waals surface area contributed by atoms with E-state index in [0.29, 0.717) is 4.90 Å². The summed E-state index contributed by atoms with van der Waals surface area (Å²) in [5.74, 6) is -2.20. The lowest BCUT2D eigenvalue weighted by Crippen LogP contribution is -2.37. The third-order valence-corrected chi connectivity index (χ3v) is 2.35. The van der Waals surface area contributed by atoms with Gasteiger partial charge in [-0.05, 0) is 12.1 Å². The largest absolute Gasteiger partial charge is 0.383 e. The molecule has 5 heteroatoms. The molecule has 1 aliphatic heterocycles. The summed E-state index contributed by atoms with van der Waals surface area (Å²) >= 11 is 0. The molecule has 1 heterocycles. The van der Waals surface area contributed by atoms with E-state index in [1.54, 1.807) is 18.2 Å². The molecule has 1 aromatic rings. The van der Waals surface area contributed by atoms with Gasteiger partial charge in [0.1, 0.15) is 6.10 Å². The minimum atomic E-state index is -1.39. The van der Waals surface area contributed by atoms with E-state index in [-0.39, 0.29) is 12.0 Å². The molecule has 0 saturated carbocycles. The number of benzene rings is 1. The highest BCUT2D eigenvalue weighted by molar-refractivity contribution is 6.21. The molecule has 0 spiro atoms. The van der Waals surface area contributed by atoms with E-state index in [1.165, 1.54) is 12.1 Å². The Bertz CT molecular complexity index is 454. The van der Waals surface area contributed by atoms with Crippen LogP contribution >= 0.6 is 0 Å². The summed E-state index contributed by atoms with van der Waals surface area (Å²) in [5.41, 5.74) is 0.248. The van der Waals surface area contributed by atoms with Gasteiger partial charge in [0.2, 0.25) is 5.91 Å². The second-order valence-corrected chi connectivity index (χ2v) is 3.46. The van der Waals surface area contributed by atoms with Crippen LogP contribution in [-0.2, 0) is 9.59 Å². The Morgan fingerprint density at radius 3 is 2.38 bits per heavy atom. The number of carbonyl (C=O) groups excluding carboxylic acids is 3. The summed E-state index contributed by atoms with van der Waals surface area (Å²) in [6.45, 7) is 0. The Labute approximate surface area is 91.3 Å². The van der Waals surface area contributed by atoms with Gasteiger partial charge in [0.05, 0.1) is 6.42 Å². The van der Waals surface area contributed by atoms with Crippen LogP contribution in [0.4, 0.5) is 0 Å². The smallest absolute Gasteiger partial charge is 0.267 e. The van der Waals surface area contributed by atoms with E-state index in [1.807, 2.05) is 0 Å². The van der Waals surface area contributed by atoms with Crippen LogP contribution in [0.3, 0.4) is 0 Å². The zero-order valence-corrected chi connectivity index (χ0v) is 8.29. The van der Waals surface area contributed by atoms with Gasteiger partial charge in [-0.1, -0.05) is 18.2 Å². The van der Waals surface area contributed by atoms with Crippen LogP contribution in [0.15, 0.2) is 30.3 Å².